The van der Waals surface area contributed by atoms with Gasteiger partial charge >= 0.3 is 0 Å². The molecular formula is C24H26FN5O. The van der Waals surface area contributed by atoms with E-state index < -0.39 is 0 Å². The third-order valence-corrected chi connectivity index (χ3v) is 6.38. The van der Waals surface area contributed by atoms with Crippen molar-refractivity contribution < 1.29 is 4.39 Å². The first-order valence-electron chi connectivity index (χ1n) is 10.5. The topological polar surface area (TPSA) is 65.2 Å². The van der Waals surface area contributed by atoms with Crippen molar-refractivity contribution in [2.24, 2.45) is 7.05 Å². The second-order valence-electron chi connectivity index (χ2n) is 8.38. The first-order valence-corrected chi connectivity index (χ1v) is 10.5. The average molecular weight is 420 g/mol. The quantitative estimate of drug-likeness (QED) is 0.649. The largest absolute Gasteiger partial charge is 0.364 e. The second-order valence-corrected chi connectivity index (χ2v) is 8.38. The molecule has 160 valence electrons. The molecule has 1 fully saturated rings. The zero-order valence-electron chi connectivity index (χ0n) is 18.2. The Hall–Kier alpha value is -3.24. The first kappa shape index (κ1) is 21.0. The highest BCUT2D eigenvalue weighted by atomic mass is 19.1. The van der Waals surface area contributed by atoms with Crippen LogP contribution in [0.15, 0.2) is 47.3 Å². The van der Waals surface area contributed by atoms with Gasteiger partial charge in [0, 0.05) is 44.3 Å². The molecule has 1 aliphatic heterocycles. The Bertz CT molecular complexity index is 1210. The molecule has 0 N–H and O–H groups in total. The van der Waals surface area contributed by atoms with Gasteiger partial charge in [0.2, 0.25) is 0 Å². The molecule has 0 radical (unpaired) electrons. The van der Waals surface area contributed by atoms with E-state index in [0.29, 0.717) is 23.3 Å². The lowest BCUT2D eigenvalue weighted by atomic mass is 10.00. The third kappa shape index (κ3) is 3.79. The SMILES string of the molecule is CC(c1ccc(F)cc1)N1C[C@H](C)N(c2cc(=O)n(C)c3ccc(C#N)nc23)C[C@H]1C. The Morgan fingerprint density at radius 3 is 2.52 bits per heavy atom. The van der Waals surface area contributed by atoms with Crippen LogP contribution in [0.1, 0.15) is 38.1 Å². The van der Waals surface area contributed by atoms with Gasteiger partial charge < -0.3 is 9.47 Å². The van der Waals surface area contributed by atoms with E-state index in [9.17, 15) is 14.4 Å². The minimum Gasteiger partial charge on any atom is -0.364 e. The van der Waals surface area contributed by atoms with Gasteiger partial charge in [0.05, 0.1) is 11.2 Å². The molecule has 6 nitrogen and oxygen atoms in total. The number of anilines is 1. The van der Waals surface area contributed by atoms with E-state index >= 15 is 0 Å². The summed E-state index contributed by atoms with van der Waals surface area (Å²) in [7, 11) is 1.72. The van der Waals surface area contributed by atoms with Crippen LogP contribution in [-0.2, 0) is 7.05 Å². The predicted octanol–water partition coefficient (Wildman–Crippen LogP) is 3.60. The molecule has 3 aromatic rings. The molecule has 0 spiro atoms. The van der Waals surface area contributed by atoms with Crippen LogP contribution >= 0.6 is 0 Å². The molecule has 0 saturated carbocycles. The lowest BCUT2D eigenvalue weighted by Crippen LogP contribution is -2.57. The van der Waals surface area contributed by atoms with E-state index in [-0.39, 0.29) is 29.5 Å². The van der Waals surface area contributed by atoms with Crippen molar-refractivity contribution in [1.29, 1.82) is 5.26 Å². The molecule has 31 heavy (non-hydrogen) atoms. The van der Waals surface area contributed by atoms with Gasteiger partial charge in [-0.1, -0.05) is 12.1 Å². The summed E-state index contributed by atoms with van der Waals surface area (Å²) in [4.78, 5) is 21.8. The van der Waals surface area contributed by atoms with E-state index in [0.717, 1.165) is 17.8 Å². The molecule has 3 heterocycles. The summed E-state index contributed by atoms with van der Waals surface area (Å²) in [6, 6.07) is 14.3. The first-order chi connectivity index (χ1) is 14.8. The maximum atomic E-state index is 13.3. The lowest BCUT2D eigenvalue weighted by molar-refractivity contribution is 0.119. The van der Waals surface area contributed by atoms with Crippen LogP contribution in [0, 0.1) is 17.1 Å². The Morgan fingerprint density at radius 1 is 1.13 bits per heavy atom. The molecule has 0 bridgehead atoms. The maximum absolute atomic E-state index is 13.3. The van der Waals surface area contributed by atoms with Gasteiger partial charge in [-0.05, 0) is 50.6 Å². The van der Waals surface area contributed by atoms with Crippen LogP contribution < -0.4 is 10.5 Å². The monoisotopic (exact) mass is 419 g/mol. The van der Waals surface area contributed by atoms with Crippen molar-refractivity contribution in [2.75, 3.05) is 18.0 Å². The van der Waals surface area contributed by atoms with Crippen molar-refractivity contribution in [1.82, 2.24) is 14.5 Å². The molecule has 0 aliphatic carbocycles. The smallest absolute Gasteiger partial charge is 0.252 e. The number of pyridine rings is 2. The summed E-state index contributed by atoms with van der Waals surface area (Å²) >= 11 is 0. The number of halogens is 1. The van der Waals surface area contributed by atoms with E-state index in [2.05, 4.69) is 41.6 Å². The zero-order chi connectivity index (χ0) is 22.3. The molecule has 4 rings (SSSR count). The summed E-state index contributed by atoms with van der Waals surface area (Å²) in [5.74, 6) is -0.232. The summed E-state index contributed by atoms with van der Waals surface area (Å²) in [6.07, 6.45) is 0. The summed E-state index contributed by atoms with van der Waals surface area (Å²) < 4.78 is 14.9. The number of aromatic nitrogens is 2. The molecule has 3 atom stereocenters. The van der Waals surface area contributed by atoms with E-state index in [1.807, 2.05) is 12.1 Å². The van der Waals surface area contributed by atoms with Gasteiger partial charge in [-0.15, -0.1) is 0 Å². The molecule has 1 saturated heterocycles. The molecule has 1 aliphatic rings. The van der Waals surface area contributed by atoms with Crippen LogP contribution in [0.5, 0.6) is 0 Å². The second kappa shape index (κ2) is 8.12. The average Bonchev–Trinajstić information content (AvgIpc) is 2.77. The van der Waals surface area contributed by atoms with Crippen molar-refractivity contribution in [3.05, 3.63) is 69.9 Å². The van der Waals surface area contributed by atoms with Crippen LogP contribution in [-0.4, -0.2) is 39.6 Å². The third-order valence-electron chi connectivity index (χ3n) is 6.38. The predicted molar refractivity (Wildman–Crippen MR) is 119 cm³/mol. The van der Waals surface area contributed by atoms with E-state index in [4.69, 9.17) is 0 Å². The normalized spacial score (nSPS) is 20.6. The maximum Gasteiger partial charge on any atom is 0.252 e. The molecule has 1 aromatic carbocycles. The molecule has 2 aromatic heterocycles. The molecule has 7 heteroatoms. The van der Waals surface area contributed by atoms with Gasteiger partial charge in [-0.2, -0.15) is 5.26 Å². The fourth-order valence-electron chi connectivity index (χ4n) is 4.55. The zero-order valence-corrected chi connectivity index (χ0v) is 18.2. The Labute approximate surface area is 181 Å². The van der Waals surface area contributed by atoms with Crippen LogP contribution in [0.3, 0.4) is 0 Å². The van der Waals surface area contributed by atoms with Crippen molar-refractivity contribution in [2.45, 2.75) is 38.9 Å². The summed E-state index contributed by atoms with van der Waals surface area (Å²) in [5.41, 5.74) is 3.45. The van der Waals surface area contributed by atoms with Crippen molar-refractivity contribution in [3.8, 4) is 6.07 Å². The Kier molecular flexibility index (Phi) is 5.50. The summed E-state index contributed by atoms with van der Waals surface area (Å²) in [6.45, 7) is 7.94. The minimum absolute atomic E-state index is 0.101. The highest BCUT2D eigenvalue weighted by Crippen LogP contribution is 2.32. The number of aryl methyl sites for hydroxylation is 1. The number of hydrogen-bond donors (Lipinski definition) is 0. The van der Waals surface area contributed by atoms with Gasteiger partial charge in [-0.25, -0.2) is 9.37 Å². The fourth-order valence-corrected chi connectivity index (χ4v) is 4.55. The number of fused-ring (bicyclic) bond motifs is 1. The van der Waals surface area contributed by atoms with Gasteiger partial charge in [-0.3, -0.25) is 9.69 Å². The fraction of sp³-hybridized carbons (Fsp3) is 0.375. The van der Waals surface area contributed by atoms with Crippen LogP contribution in [0.2, 0.25) is 0 Å². The van der Waals surface area contributed by atoms with Crippen LogP contribution in [0.25, 0.3) is 11.0 Å². The standard InChI is InChI=1S/C24H26FN5O/c1-15-14-30(16(2)13-29(15)17(3)18-5-7-19(25)8-6-18)22-11-23(31)28(4)21-10-9-20(12-26)27-24(21)22/h5-11,15-17H,13-14H2,1-4H3/t15-,16+,17?/m1/s1. The van der Waals surface area contributed by atoms with Gasteiger partial charge in [0.25, 0.3) is 5.56 Å². The highest BCUT2D eigenvalue weighted by Gasteiger charge is 2.33. The molecule has 1 unspecified atom stereocenters. The molecular weight excluding hydrogens is 393 g/mol. The Balaban J connectivity index is 1.69. The lowest BCUT2D eigenvalue weighted by Gasteiger charge is -2.47. The van der Waals surface area contributed by atoms with Crippen LogP contribution in [0.4, 0.5) is 10.1 Å². The number of benzene rings is 1. The number of piperazine rings is 1. The van der Waals surface area contributed by atoms with Crippen molar-refractivity contribution >= 4 is 16.7 Å². The van der Waals surface area contributed by atoms with E-state index in [1.165, 1.54) is 12.1 Å². The number of hydrogen-bond acceptors (Lipinski definition) is 5. The number of nitriles is 1. The minimum atomic E-state index is -0.232. The van der Waals surface area contributed by atoms with Gasteiger partial charge in [0.1, 0.15) is 23.1 Å². The number of rotatable bonds is 3. The van der Waals surface area contributed by atoms with E-state index in [1.54, 1.807) is 29.8 Å². The summed E-state index contributed by atoms with van der Waals surface area (Å²) in [5, 5.41) is 9.31. The highest BCUT2D eigenvalue weighted by molar-refractivity contribution is 5.89. The Morgan fingerprint density at radius 2 is 1.84 bits per heavy atom. The van der Waals surface area contributed by atoms with Crippen molar-refractivity contribution in [3.63, 3.8) is 0 Å². The number of nitrogens with zero attached hydrogens (tertiary/aromatic N) is 5. The molecule has 0 amide bonds. The van der Waals surface area contributed by atoms with Gasteiger partial charge in [0.15, 0.2) is 0 Å².